The lowest BCUT2D eigenvalue weighted by atomic mass is 10.0. The van der Waals surface area contributed by atoms with Crippen LogP contribution < -0.4 is 4.90 Å². The number of rotatable bonds is 4. The van der Waals surface area contributed by atoms with E-state index in [1.807, 2.05) is 20.8 Å². The molecule has 1 aromatic heterocycles. The molecule has 1 heterocycles. The number of hydrogen-bond donors (Lipinski definition) is 0. The number of fused-ring (bicyclic) bond motifs is 1. The standard InChI is InChI=1S/C28H24N2.C3H6.C2H6/c1-21-19-24-11-6-7-14-28(24)30(21)26-17-15-25(16-18-26)29(2)27-13-8-12-23(20-27)22-9-4-3-5-10-22;1-3-2;1-2/h3-20H,1-2H3;3H,1H2,2H3;1-2H3. The third-order valence-electron chi connectivity index (χ3n) is 5.73. The first kappa shape index (κ1) is 25.6. The zero-order chi connectivity index (χ0) is 25.2. The molecule has 0 aliphatic rings. The van der Waals surface area contributed by atoms with Crippen molar-refractivity contribution in [3.8, 4) is 16.8 Å². The van der Waals surface area contributed by atoms with Crippen molar-refractivity contribution in [2.45, 2.75) is 27.7 Å². The molecule has 0 saturated heterocycles. The fraction of sp³-hybridized carbons (Fsp3) is 0.152. The van der Waals surface area contributed by atoms with Crippen molar-refractivity contribution in [3.05, 3.63) is 128 Å². The van der Waals surface area contributed by atoms with Gasteiger partial charge in [0.25, 0.3) is 0 Å². The van der Waals surface area contributed by atoms with Crippen LogP contribution >= 0.6 is 0 Å². The van der Waals surface area contributed by atoms with Crippen molar-refractivity contribution in [3.63, 3.8) is 0 Å². The van der Waals surface area contributed by atoms with Gasteiger partial charge in [-0.2, -0.15) is 0 Å². The summed E-state index contributed by atoms with van der Waals surface area (Å²) in [5.74, 6) is 0. The van der Waals surface area contributed by atoms with Gasteiger partial charge in [-0.3, -0.25) is 0 Å². The van der Waals surface area contributed by atoms with Gasteiger partial charge in [-0.05, 0) is 73.5 Å². The molecule has 0 bridgehead atoms. The van der Waals surface area contributed by atoms with Crippen LogP contribution in [0.2, 0.25) is 0 Å². The zero-order valence-electron chi connectivity index (χ0n) is 21.6. The Bertz CT molecular complexity index is 1350. The molecule has 0 aliphatic heterocycles. The third-order valence-corrected chi connectivity index (χ3v) is 5.73. The molecular weight excluding hydrogens is 424 g/mol. The van der Waals surface area contributed by atoms with E-state index >= 15 is 0 Å². The van der Waals surface area contributed by atoms with Crippen LogP contribution in [0.25, 0.3) is 27.7 Å². The predicted octanol–water partition coefficient (Wildman–Crippen LogP) is 9.59. The summed E-state index contributed by atoms with van der Waals surface area (Å²) in [6.45, 7) is 11.4. The van der Waals surface area contributed by atoms with Gasteiger partial charge in [0.15, 0.2) is 0 Å². The first-order valence-corrected chi connectivity index (χ1v) is 12.3. The molecule has 2 nitrogen and oxygen atoms in total. The molecule has 178 valence electrons. The summed E-state index contributed by atoms with van der Waals surface area (Å²) < 4.78 is 2.31. The number of hydrogen-bond acceptors (Lipinski definition) is 1. The zero-order valence-corrected chi connectivity index (χ0v) is 21.6. The van der Waals surface area contributed by atoms with E-state index in [1.54, 1.807) is 6.08 Å². The van der Waals surface area contributed by atoms with E-state index in [0.29, 0.717) is 0 Å². The molecule has 35 heavy (non-hydrogen) atoms. The Morgan fingerprint density at radius 1 is 0.686 bits per heavy atom. The number of para-hydroxylation sites is 1. The molecule has 0 amide bonds. The Morgan fingerprint density at radius 3 is 1.97 bits per heavy atom. The molecule has 5 rings (SSSR count). The van der Waals surface area contributed by atoms with Gasteiger partial charge >= 0.3 is 0 Å². The fourth-order valence-corrected chi connectivity index (χ4v) is 4.13. The van der Waals surface area contributed by atoms with Gasteiger partial charge in [-0.25, -0.2) is 0 Å². The summed E-state index contributed by atoms with van der Waals surface area (Å²) in [5.41, 5.74) is 8.47. The van der Waals surface area contributed by atoms with E-state index in [2.05, 4.69) is 139 Å². The minimum Gasteiger partial charge on any atom is -0.345 e. The van der Waals surface area contributed by atoms with Crippen LogP contribution in [0.1, 0.15) is 26.5 Å². The maximum Gasteiger partial charge on any atom is 0.0531 e. The summed E-state index contributed by atoms with van der Waals surface area (Å²) in [7, 11) is 2.12. The number of allylic oxidation sites excluding steroid dienone is 1. The number of nitrogens with zero attached hydrogens (tertiary/aromatic N) is 2. The van der Waals surface area contributed by atoms with Crippen LogP contribution in [0.3, 0.4) is 0 Å². The minimum absolute atomic E-state index is 1.16. The maximum atomic E-state index is 3.36. The molecule has 0 spiro atoms. The van der Waals surface area contributed by atoms with Crippen LogP contribution in [-0.2, 0) is 0 Å². The van der Waals surface area contributed by atoms with Crippen molar-refractivity contribution >= 4 is 22.3 Å². The second kappa shape index (κ2) is 12.4. The van der Waals surface area contributed by atoms with Gasteiger partial charge in [0.1, 0.15) is 0 Å². The fourth-order valence-electron chi connectivity index (χ4n) is 4.13. The van der Waals surface area contributed by atoms with Gasteiger partial charge in [0, 0.05) is 35.2 Å². The largest absolute Gasteiger partial charge is 0.345 e. The second-order valence-electron chi connectivity index (χ2n) is 8.08. The molecule has 0 atom stereocenters. The van der Waals surface area contributed by atoms with E-state index < -0.39 is 0 Å². The van der Waals surface area contributed by atoms with Crippen molar-refractivity contribution < 1.29 is 0 Å². The first-order chi connectivity index (χ1) is 17.1. The lowest BCUT2D eigenvalue weighted by molar-refractivity contribution is 1.05. The minimum atomic E-state index is 1.16. The Labute approximate surface area is 210 Å². The highest BCUT2D eigenvalue weighted by atomic mass is 15.1. The first-order valence-electron chi connectivity index (χ1n) is 12.3. The number of benzene rings is 4. The number of aryl methyl sites for hydroxylation is 1. The molecule has 0 fully saturated rings. The predicted molar refractivity (Wildman–Crippen MR) is 155 cm³/mol. The second-order valence-corrected chi connectivity index (χ2v) is 8.08. The van der Waals surface area contributed by atoms with Crippen molar-refractivity contribution in [1.82, 2.24) is 4.57 Å². The summed E-state index contributed by atoms with van der Waals surface area (Å²) in [6.07, 6.45) is 1.75. The van der Waals surface area contributed by atoms with Crippen molar-refractivity contribution in [1.29, 1.82) is 0 Å². The van der Waals surface area contributed by atoms with Crippen LogP contribution in [0.15, 0.2) is 122 Å². The van der Waals surface area contributed by atoms with Crippen LogP contribution in [0.5, 0.6) is 0 Å². The topological polar surface area (TPSA) is 8.17 Å². The van der Waals surface area contributed by atoms with E-state index in [4.69, 9.17) is 0 Å². The van der Waals surface area contributed by atoms with E-state index in [0.717, 1.165) is 5.69 Å². The highest BCUT2D eigenvalue weighted by Gasteiger charge is 2.09. The average molecular weight is 461 g/mol. The Balaban J connectivity index is 0.000000638. The molecule has 0 N–H and O–H groups in total. The molecule has 5 aromatic rings. The Hall–Kier alpha value is -4.04. The molecule has 4 aromatic carbocycles. The smallest absolute Gasteiger partial charge is 0.0531 e. The molecule has 0 radical (unpaired) electrons. The monoisotopic (exact) mass is 460 g/mol. The highest BCUT2D eigenvalue weighted by molar-refractivity contribution is 5.83. The Kier molecular flexibility index (Phi) is 9.09. The van der Waals surface area contributed by atoms with Gasteiger partial charge in [0.2, 0.25) is 0 Å². The summed E-state index contributed by atoms with van der Waals surface area (Å²) in [4.78, 5) is 2.23. The molecule has 2 heteroatoms. The van der Waals surface area contributed by atoms with Gasteiger partial charge in [-0.15, -0.1) is 6.58 Å². The van der Waals surface area contributed by atoms with Gasteiger partial charge < -0.3 is 9.47 Å². The van der Waals surface area contributed by atoms with Crippen LogP contribution in [-0.4, -0.2) is 11.6 Å². The highest BCUT2D eigenvalue weighted by Crippen LogP contribution is 2.30. The number of aromatic nitrogens is 1. The average Bonchev–Trinajstić information content (AvgIpc) is 3.26. The van der Waals surface area contributed by atoms with Crippen LogP contribution in [0, 0.1) is 6.92 Å². The quantitative estimate of drug-likeness (QED) is 0.242. The van der Waals surface area contributed by atoms with Crippen LogP contribution in [0.4, 0.5) is 11.4 Å². The van der Waals surface area contributed by atoms with Crippen molar-refractivity contribution in [2.75, 3.05) is 11.9 Å². The summed E-state index contributed by atoms with van der Waals surface area (Å²) in [6, 6.07) is 38.8. The van der Waals surface area contributed by atoms with Gasteiger partial charge in [0.05, 0.1) is 5.52 Å². The van der Waals surface area contributed by atoms with Gasteiger partial charge in [-0.1, -0.05) is 80.6 Å². The lowest BCUT2D eigenvalue weighted by Crippen LogP contribution is -2.09. The SMILES string of the molecule is C=CC.CC.Cc1cc2ccccc2n1-c1ccc(N(C)c2cccc(-c3ccccc3)c2)cc1. The van der Waals surface area contributed by atoms with E-state index in [9.17, 15) is 0 Å². The summed E-state index contributed by atoms with van der Waals surface area (Å²) >= 11 is 0. The van der Waals surface area contributed by atoms with E-state index in [1.165, 1.54) is 39.1 Å². The summed E-state index contributed by atoms with van der Waals surface area (Å²) in [5, 5.41) is 1.27. The third kappa shape index (κ3) is 5.91. The molecule has 0 saturated carbocycles. The van der Waals surface area contributed by atoms with E-state index in [-0.39, 0.29) is 0 Å². The Morgan fingerprint density at radius 2 is 1.29 bits per heavy atom. The number of anilines is 2. The molecular formula is C33H36N2. The normalized spacial score (nSPS) is 9.97. The maximum absolute atomic E-state index is 3.36. The van der Waals surface area contributed by atoms with Crippen molar-refractivity contribution in [2.24, 2.45) is 0 Å². The molecule has 0 unspecified atom stereocenters. The lowest BCUT2D eigenvalue weighted by Gasteiger charge is -2.21. The molecule has 0 aliphatic carbocycles.